The van der Waals surface area contributed by atoms with Gasteiger partial charge in [-0.2, -0.15) is 4.98 Å². The first kappa shape index (κ1) is 33.1. The lowest BCUT2D eigenvalue weighted by Crippen LogP contribution is -2.67. The highest BCUT2D eigenvalue weighted by Gasteiger charge is 2.55. The van der Waals surface area contributed by atoms with Gasteiger partial charge in [-0.1, -0.05) is 0 Å². The maximum absolute atomic E-state index is 12.8. The minimum atomic E-state index is -5.35. The second-order valence-corrected chi connectivity index (χ2v) is 10.6. The standard InChI is InChI=1S/C20H32N5O15P/c21-4-12(30)24-13-8(28)3-20(7-27,39-17(13)14(31)9(29)5-26)40-41(35,36)37-6-10-15(32)16(33)18(38-10)25-2-1-11(22)23-19(25)34/h1-2,7-10,13-18,26,28-29,31-33H,3-6,21H2,(H,24,30)(H,35,36)(H2,22,23,34)/t8?,9-,10?,13-,14-,15-,16-,17?,18?,20-/m1/s1. The third kappa shape index (κ3) is 7.51. The van der Waals surface area contributed by atoms with Gasteiger partial charge in [-0.15, -0.1) is 0 Å². The summed E-state index contributed by atoms with van der Waals surface area (Å²) in [7, 11) is -5.35. The lowest BCUT2D eigenvalue weighted by molar-refractivity contribution is -0.274. The number of hydrogen-bond donors (Lipinski definition) is 10. The Kier molecular flexibility index (Phi) is 10.7. The molecule has 21 heteroatoms. The first-order chi connectivity index (χ1) is 19.2. The number of aliphatic hydroxyl groups is 6. The van der Waals surface area contributed by atoms with Crippen LogP contribution in [0, 0.1) is 0 Å². The number of nitrogens with two attached hydrogens (primary N) is 2. The van der Waals surface area contributed by atoms with Crippen LogP contribution >= 0.6 is 7.82 Å². The summed E-state index contributed by atoms with van der Waals surface area (Å²) >= 11 is 0. The van der Waals surface area contributed by atoms with Crippen molar-refractivity contribution in [2.75, 3.05) is 25.5 Å². The summed E-state index contributed by atoms with van der Waals surface area (Å²) in [4.78, 5) is 49.7. The Hall–Kier alpha value is -2.43. The van der Waals surface area contributed by atoms with Crippen LogP contribution < -0.4 is 22.5 Å². The van der Waals surface area contributed by atoms with Crippen LogP contribution in [0.5, 0.6) is 0 Å². The highest BCUT2D eigenvalue weighted by Crippen LogP contribution is 2.50. The summed E-state index contributed by atoms with van der Waals surface area (Å²) in [5.41, 5.74) is 9.73. The zero-order valence-electron chi connectivity index (χ0n) is 21.1. The molecule has 5 unspecified atom stereocenters. The van der Waals surface area contributed by atoms with Gasteiger partial charge in [0.15, 0.2) is 12.5 Å². The summed E-state index contributed by atoms with van der Waals surface area (Å²) < 4.78 is 34.1. The molecule has 12 N–H and O–H groups in total. The summed E-state index contributed by atoms with van der Waals surface area (Å²) in [6.45, 7) is -2.51. The number of aliphatic hydroxyl groups excluding tert-OH is 6. The van der Waals surface area contributed by atoms with Gasteiger partial charge < -0.3 is 61.8 Å². The summed E-state index contributed by atoms with van der Waals surface area (Å²) in [6.07, 6.45) is -14.0. The molecule has 2 fully saturated rings. The lowest BCUT2D eigenvalue weighted by atomic mass is 9.89. The lowest BCUT2D eigenvalue weighted by Gasteiger charge is -2.46. The van der Waals surface area contributed by atoms with Gasteiger partial charge in [-0.05, 0) is 6.07 Å². The van der Waals surface area contributed by atoms with Crippen molar-refractivity contribution in [1.29, 1.82) is 0 Å². The average Bonchev–Trinajstić information content (AvgIpc) is 3.20. The van der Waals surface area contributed by atoms with Crippen LogP contribution in [0.4, 0.5) is 5.82 Å². The number of aldehydes is 1. The molecule has 2 aliphatic heterocycles. The van der Waals surface area contributed by atoms with Crippen molar-refractivity contribution < 1.29 is 68.2 Å². The maximum atomic E-state index is 12.8. The van der Waals surface area contributed by atoms with Gasteiger partial charge >= 0.3 is 13.5 Å². The van der Waals surface area contributed by atoms with Crippen molar-refractivity contribution in [3.63, 3.8) is 0 Å². The quantitative estimate of drug-likeness (QED) is 0.0774. The van der Waals surface area contributed by atoms with Crippen molar-refractivity contribution in [1.82, 2.24) is 14.9 Å². The van der Waals surface area contributed by atoms with E-state index < -0.39 is 106 Å². The molecule has 0 aliphatic carbocycles. The van der Waals surface area contributed by atoms with E-state index in [4.69, 9.17) is 30.0 Å². The van der Waals surface area contributed by atoms with Crippen molar-refractivity contribution in [3.8, 4) is 0 Å². The molecule has 3 rings (SSSR count). The topological polar surface area (TPSA) is 329 Å². The Labute approximate surface area is 230 Å². The molecule has 41 heavy (non-hydrogen) atoms. The number of amides is 1. The number of nitrogens with zero attached hydrogens (tertiary/aromatic N) is 2. The van der Waals surface area contributed by atoms with Gasteiger partial charge in [0.25, 0.3) is 0 Å². The summed E-state index contributed by atoms with van der Waals surface area (Å²) in [5.74, 6) is -3.75. The molecule has 2 aliphatic rings. The molecule has 0 bridgehead atoms. The second-order valence-electron chi connectivity index (χ2n) is 9.27. The molecule has 3 heterocycles. The van der Waals surface area contributed by atoms with Crippen molar-refractivity contribution in [2.24, 2.45) is 5.73 Å². The highest BCUT2D eigenvalue weighted by molar-refractivity contribution is 7.47. The zero-order chi connectivity index (χ0) is 30.7. The number of hydrogen-bond acceptors (Lipinski definition) is 17. The maximum Gasteiger partial charge on any atom is 0.475 e. The predicted molar refractivity (Wildman–Crippen MR) is 130 cm³/mol. The number of anilines is 1. The molecule has 1 aromatic rings. The van der Waals surface area contributed by atoms with Crippen LogP contribution in [0.2, 0.25) is 0 Å². The van der Waals surface area contributed by atoms with Gasteiger partial charge in [0.1, 0.15) is 42.4 Å². The van der Waals surface area contributed by atoms with Crippen molar-refractivity contribution in [2.45, 2.75) is 67.2 Å². The summed E-state index contributed by atoms with van der Waals surface area (Å²) in [5, 5.41) is 63.0. The predicted octanol–water partition coefficient (Wildman–Crippen LogP) is -6.22. The van der Waals surface area contributed by atoms with Gasteiger partial charge in [0, 0.05) is 12.6 Å². The van der Waals surface area contributed by atoms with E-state index in [0.29, 0.717) is 0 Å². The van der Waals surface area contributed by atoms with Gasteiger partial charge in [0.05, 0.1) is 31.9 Å². The van der Waals surface area contributed by atoms with Crippen LogP contribution in [-0.2, 0) is 32.7 Å². The SMILES string of the molecule is NCC(=O)N[C@@H]1C(O)C[C@](C=O)(OP(=O)(O)OCC2OC(n3ccc(N)nc3=O)[C@H](O)[C@@H]2O)OC1[C@H](O)[C@H](O)CO. The zero-order valence-corrected chi connectivity index (χ0v) is 22.0. The Bertz CT molecular complexity index is 1190. The molecular weight excluding hydrogens is 581 g/mol. The molecule has 2 saturated heterocycles. The number of carbonyl (C=O) groups excluding carboxylic acids is 2. The molecule has 11 atom stereocenters. The third-order valence-electron chi connectivity index (χ3n) is 6.34. The second kappa shape index (κ2) is 13.3. The molecule has 232 valence electrons. The minimum absolute atomic E-state index is 0.120. The average molecular weight is 613 g/mol. The fourth-order valence-electron chi connectivity index (χ4n) is 4.28. The molecule has 1 amide bonds. The van der Waals surface area contributed by atoms with Crippen molar-refractivity contribution >= 4 is 25.8 Å². The molecule has 0 radical (unpaired) electrons. The molecule has 0 saturated carbocycles. The van der Waals surface area contributed by atoms with E-state index >= 15 is 0 Å². The Balaban J connectivity index is 1.75. The first-order valence-corrected chi connectivity index (χ1v) is 13.5. The smallest absolute Gasteiger partial charge is 0.394 e. The fourth-order valence-corrected chi connectivity index (χ4v) is 5.22. The van der Waals surface area contributed by atoms with Gasteiger partial charge in [-0.25, -0.2) is 13.9 Å². The normalized spacial score (nSPS) is 34.9. The Morgan fingerprint density at radius 3 is 2.61 bits per heavy atom. The molecule has 0 aromatic carbocycles. The van der Waals surface area contributed by atoms with Gasteiger partial charge in [-0.3, -0.25) is 18.7 Å². The van der Waals surface area contributed by atoms with E-state index in [1.807, 2.05) is 0 Å². The number of phosphoric ester groups is 1. The number of carbonyl (C=O) groups is 2. The van der Waals surface area contributed by atoms with E-state index in [2.05, 4.69) is 10.3 Å². The largest absolute Gasteiger partial charge is 0.475 e. The molecule has 0 spiro atoms. The Morgan fingerprint density at radius 1 is 1.34 bits per heavy atom. The van der Waals surface area contributed by atoms with E-state index in [0.717, 1.165) is 10.8 Å². The number of nitrogens with one attached hydrogen (secondary N) is 1. The van der Waals surface area contributed by atoms with E-state index in [1.54, 1.807) is 0 Å². The van der Waals surface area contributed by atoms with Crippen LogP contribution in [0.3, 0.4) is 0 Å². The fraction of sp³-hybridized carbons (Fsp3) is 0.700. The van der Waals surface area contributed by atoms with Crippen LogP contribution in [0.1, 0.15) is 12.6 Å². The molecule has 1 aromatic heterocycles. The van der Waals surface area contributed by atoms with Gasteiger partial charge in [0.2, 0.25) is 11.7 Å². The summed E-state index contributed by atoms with van der Waals surface area (Å²) in [6, 6.07) is -0.305. The number of nitrogen functional groups attached to an aromatic ring is 1. The van der Waals surface area contributed by atoms with E-state index in [1.165, 1.54) is 6.07 Å². The number of aromatic nitrogens is 2. The Morgan fingerprint density at radius 2 is 2.02 bits per heavy atom. The first-order valence-electron chi connectivity index (χ1n) is 12.0. The van der Waals surface area contributed by atoms with Crippen LogP contribution in [0.25, 0.3) is 0 Å². The monoisotopic (exact) mass is 613 g/mol. The van der Waals surface area contributed by atoms with E-state index in [-0.39, 0.29) is 12.1 Å². The van der Waals surface area contributed by atoms with E-state index in [9.17, 15) is 54.5 Å². The van der Waals surface area contributed by atoms with Crippen LogP contribution in [-0.4, -0.2) is 132 Å². The molecular formula is C20H32N5O15P. The van der Waals surface area contributed by atoms with Crippen molar-refractivity contribution in [3.05, 3.63) is 22.7 Å². The number of rotatable bonds is 12. The highest BCUT2D eigenvalue weighted by atomic mass is 31.2. The third-order valence-corrected chi connectivity index (χ3v) is 7.36. The number of ether oxygens (including phenoxy) is 2. The minimum Gasteiger partial charge on any atom is -0.394 e. The number of phosphoric acid groups is 1. The van der Waals surface area contributed by atoms with Crippen LogP contribution in [0.15, 0.2) is 17.1 Å². The molecule has 20 nitrogen and oxygen atoms in total.